The Hall–Kier alpha value is -5.94. The number of anilines is 3. The number of benzene rings is 4. The van der Waals surface area contributed by atoms with Gasteiger partial charge in [-0.1, -0.05) is 66.0 Å². The normalized spacial score (nSPS) is 20.8. The number of nitrogens with one attached hydrogen (secondary N) is 2. The van der Waals surface area contributed by atoms with Crippen LogP contribution in [-0.2, 0) is 20.1 Å². The van der Waals surface area contributed by atoms with Gasteiger partial charge in [-0.25, -0.2) is 9.10 Å². The van der Waals surface area contributed by atoms with Crippen molar-refractivity contribution < 1.29 is 38.2 Å². The number of thiophene rings is 1. The molecule has 4 heterocycles. The quantitative estimate of drug-likeness (QED) is 0.0517. The van der Waals surface area contributed by atoms with Crippen molar-refractivity contribution in [3.63, 3.8) is 0 Å². The van der Waals surface area contributed by atoms with Crippen LogP contribution >= 0.6 is 34.9 Å². The number of carboxylic acids is 1. The third kappa shape index (κ3) is 8.85. The van der Waals surface area contributed by atoms with Crippen LogP contribution in [-0.4, -0.2) is 103 Å². The van der Waals surface area contributed by atoms with Crippen LogP contribution in [0.1, 0.15) is 89.4 Å². The Morgan fingerprint density at radius 1 is 1.06 bits per heavy atom. The minimum atomic E-state index is -1.16. The number of ether oxygens (including phenoxy) is 1. The fourth-order valence-corrected chi connectivity index (χ4v) is 13.6. The first-order valence-corrected chi connectivity index (χ1v) is 25.4. The second-order valence-electron chi connectivity index (χ2n) is 18.5. The van der Waals surface area contributed by atoms with E-state index in [0.717, 1.165) is 125 Å². The van der Waals surface area contributed by atoms with E-state index in [1.807, 2.05) is 72.4 Å². The van der Waals surface area contributed by atoms with E-state index in [1.54, 1.807) is 7.05 Å². The van der Waals surface area contributed by atoms with Crippen LogP contribution in [0.15, 0.2) is 77.2 Å². The molecule has 9 rings (SSSR count). The summed E-state index contributed by atoms with van der Waals surface area (Å²) in [6, 6.07) is 24.1. The lowest BCUT2D eigenvalue weighted by atomic mass is 9.81. The summed E-state index contributed by atoms with van der Waals surface area (Å²) < 4.78 is 14.3. The number of aldehydes is 3. The number of piperidine rings is 2. The number of carbonyl (C=O) groups excluding carboxylic acids is 4. The van der Waals surface area contributed by atoms with Gasteiger partial charge in [0, 0.05) is 68.2 Å². The van der Waals surface area contributed by atoms with Crippen molar-refractivity contribution in [1.82, 2.24) is 14.6 Å². The van der Waals surface area contributed by atoms with E-state index in [4.69, 9.17) is 25.7 Å². The number of aromatic nitrogens is 1. The van der Waals surface area contributed by atoms with Gasteiger partial charge < -0.3 is 39.5 Å². The molecule has 4 atom stereocenters. The number of carboxylic acid groups (broad SMARTS) is 1. The molecule has 3 N–H and O–H groups in total. The van der Waals surface area contributed by atoms with Crippen molar-refractivity contribution in [2.75, 3.05) is 55.5 Å². The van der Waals surface area contributed by atoms with Gasteiger partial charge in [0.25, 0.3) is 6.01 Å². The fraction of sp³-hybridized carbons (Fsp3) is 0.385. The third-order valence-corrected chi connectivity index (χ3v) is 17.9. The number of aromatic carboxylic acids is 1. The van der Waals surface area contributed by atoms with Crippen LogP contribution in [0.25, 0.3) is 32.3 Å². The molecular formula is C52H55ClN6O8S2. The van der Waals surface area contributed by atoms with Gasteiger partial charge in [-0.2, -0.15) is 4.98 Å². The van der Waals surface area contributed by atoms with Crippen LogP contribution in [0.2, 0.25) is 5.02 Å². The molecule has 6 aromatic rings. The molecule has 2 saturated heterocycles. The van der Waals surface area contributed by atoms with E-state index in [-0.39, 0.29) is 51.6 Å². The molecule has 0 radical (unpaired) electrons. The molecule has 2 aromatic heterocycles. The van der Waals surface area contributed by atoms with Crippen molar-refractivity contribution in [2.24, 2.45) is 5.92 Å². The van der Waals surface area contributed by atoms with Gasteiger partial charge in [-0.15, -0.1) is 11.3 Å². The molecule has 1 saturated carbocycles. The van der Waals surface area contributed by atoms with Crippen LogP contribution in [0, 0.1) is 5.92 Å². The van der Waals surface area contributed by atoms with Gasteiger partial charge in [0.1, 0.15) is 29.5 Å². The average Bonchev–Trinajstić information content (AvgIpc) is 4.06. The maximum absolute atomic E-state index is 12.9. The summed E-state index contributed by atoms with van der Waals surface area (Å²) in [6.45, 7) is 6.79. The Labute approximate surface area is 413 Å². The number of fused-ring (bicyclic) bond motifs is 4. The van der Waals surface area contributed by atoms with Gasteiger partial charge in [-0.3, -0.25) is 14.4 Å². The van der Waals surface area contributed by atoms with Gasteiger partial charge >= 0.3 is 5.97 Å². The highest BCUT2D eigenvalue weighted by atomic mass is 35.5. The van der Waals surface area contributed by atoms with Crippen molar-refractivity contribution in [3.05, 3.63) is 99.4 Å². The molecule has 69 heavy (non-hydrogen) atoms. The monoisotopic (exact) mass is 990 g/mol. The highest BCUT2D eigenvalue weighted by Gasteiger charge is 2.63. The lowest BCUT2D eigenvalue weighted by Gasteiger charge is -2.43. The number of amides is 1. The molecule has 1 amide bonds. The van der Waals surface area contributed by atoms with Gasteiger partial charge in [0.05, 0.1) is 16.0 Å². The third-order valence-electron chi connectivity index (χ3n) is 14.9. The molecule has 3 fully saturated rings. The van der Waals surface area contributed by atoms with E-state index < -0.39 is 12.0 Å². The first-order valence-electron chi connectivity index (χ1n) is 23.3. The number of halogens is 1. The minimum absolute atomic E-state index is 0.00915. The highest BCUT2D eigenvalue weighted by Crippen LogP contribution is 2.57. The van der Waals surface area contributed by atoms with Crippen LogP contribution < -0.4 is 25.2 Å². The molecule has 3 aliphatic rings. The molecule has 1 aliphatic carbocycles. The minimum Gasteiger partial charge on any atom is -0.483 e. The molecule has 2 aliphatic heterocycles. The Morgan fingerprint density at radius 3 is 2.59 bits per heavy atom. The maximum Gasteiger partial charge on any atom is 0.349 e. The number of oxazole rings is 1. The standard InChI is InChI=1S/C52H55ClN6O8S2/c1-51-20-17-35(52(51,2)56-36-10-5-8-33(27-36)46-44(53)45(66-25-24-61)47(69-46)49(64)65)28-59(51)68-30-31-13-16-42-39(26-31)55-50(67-42)58-21-18-32(19-22-58)37-14-15-40(43-34(29-62)9-6-11-38(37)43)57(4)41(12-7-23-60)48(63)54-3/h5-6,8-11,13-16,23-24,26-27,29,32,35,41,56H,7,12,17-22,25,28,30H2,1-4H3,(H,54,63)(H,64,65). The van der Waals surface area contributed by atoms with Crippen LogP contribution in [0.4, 0.5) is 17.4 Å². The largest absolute Gasteiger partial charge is 0.483 e. The summed E-state index contributed by atoms with van der Waals surface area (Å²) in [5.74, 6) is 0.0627. The van der Waals surface area contributed by atoms with E-state index in [9.17, 15) is 29.1 Å². The number of hydrogen-bond donors (Lipinski definition) is 3. The Bertz CT molecular complexity index is 2950. The fourth-order valence-electron chi connectivity index (χ4n) is 10.9. The molecule has 0 spiro atoms. The second-order valence-corrected chi connectivity index (χ2v) is 20.9. The van der Waals surface area contributed by atoms with E-state index in [2.05, 4.69) is 58.0 Å². The Morgan fingerprint density at radius 2 is 1.86 bits per heavy atom. The summed E-state index contributed by atoms with van der Waals surface area (Å²) in [4.78, 5) is 69.2. The highest BCUT2D eigenvalue weighted by molar-refractivity contribution is 7.96. The molecule has 2 bridgehead atoms. The summed E-state index contributed by atoms with van der Waals surface area (Å²) in [5, 5.41) is 18.4. The average molecular weight is 992 g/mol. The topological polar surface area (TPSA) is 175 Å². The van der Waals surface area contributed by atoms with E-state index in [0.29, 0.717) is 35.1 Å². The van der Waals surface area contributed by atoms with E-state index >= 15 is 0 Å². The van der Waals surface area contributed by atoms with Crippen molar-refractivity contribution in [1.29, 1.82) is 0 Å². The molecule has 4 unspecified atom stereocenters. The number of nitrogens with zero attached hydrogens (tertiary/aromatic N) is 4. The van der Waals surface area contributed by atoms with Crippen molar-refractivity contribution in [2.45, 2.75) is 81.2 Å². The number of likely N-dealkylation sites (N-methyl/N-ethyl adjacent to an activating group) is 2. The SMILES string of the molecule is CNC(=O)C(CCC=O)N(C)c1ccc(C2CCN(c3nc4cc(CSN5CC6CCC5(C)C6(C)Nc5cccc(-c6sc(C(=O)O)c(OCC=O)c6Cl)c5)ccc4o3)CC2)c2cccc(C=O)c12. The van der Waals surface area contributed by atoms with Gasteiger partial charge in [0.2, 0.25) is 5.91 Å². The van der Waals surface area contributed by atoms with Crippen molar-refractivity contribution >= 4 is 105 Å². The van der Waals surface area contributed by atoms with Crippen LogP contribution in [0.5, 0.6) is 5.75 Å². The smallest absolute Gasteiger partial charge is 0.349 e. The lowest BCUT2D eigenvalue weighted by molar-refractivity contribution is -0.122. The molecular weight excluding hydrogens is 936 g/mol. The predicted octanol–water partition coefficient (Wildman–Crippen LogP) is 9.87. The maximum atomic E-state index is 12.9. The molecule has 17 heteroatoms. The van der Waals surface area contributed by atoms with Crippen LogP contribution in [0.3, 0.4) is 0 Å². The predicted molar refractivity (Wildman–Crippen MR) is 274 cm³/mol. The molecule has 4 aromatic carbocycles. The lowest BCUT2D eigenvalue weighted by Crippen LogP contribution is -2.54. The summed E-state index contributed by atoms with van der Waals surface area (Å²) in [5.41, 5.74) is 6.49. The Balaban J connectivity index is 0.857. The first-order chi connectivity index (χ1) is 33.3. The number of rotatable bonds is 19. The summed E-state index contributed by atoms with van der Waals surface area (Å²) in [6.07, 6.45) is 6.72. The van der Waals surface area contributed by atoms with Gasteiger partial charge in [0.15, 0.2) is 28.8 Å². The molecule has 14 nitrogen and oxygen atoms in total. The van der Waals surface area contributed by atoms with Gasteiger partial charge in [-0.05, 0) is 110 Å². The Kier molecular flexibility index (Phi) is 13.8. The summed E-state index contributed by atoms with van der Waals surface area (Å²) in [7, 11) is 3.43. The summed E-state index contributed by atoms with van der Waals surface area (Å²) >= 11 is 9.54. The number of hydrogen-bond acceptors (Lipinski definition) is 14. The zero-order chi connectivity index (χ0) is 48.6. The first kappa shape index (κ1) is 48.1. The zero-order valence-electron chi connectivity index (χ0n) is 39.0. The zero-order valence-corrected chi connectivity index (χ0v) is 41.3. The second kappa shape index (κ2) is 19.8. The van der Waals surface area contributed by atoms with E-state index in [1.165, 1.54) is 0 Å². The molecule has 360 valence electrons. The van der Waals surface area contributed by atoms with Crippen molar-refractivity contribution in [3.8, 4) is 16.2 Å². The number of carbonyl (C=O) groups is 5.